The fraction of sp³-hybridized carbons (Fsp3) is 0.222. The number of carbonyl (C=O) groups is 1. The van der Waals surface area contributed by atoms with Crippen molar-refractivity contribution in [1.29, 1.82) is 0 Å². The van der Waals surface area contributed by atoms with Crippen molar-refractivity contribution in [3.05, 3.63) is 95.1 Å². The number of aromatic hydroxyl groups is 1. The number of carboxylic acid groups (broad SMARTS) is 1. The summed E-state index contributed by atoms with van der Waals surface area (Å²) in [5.74, 6) is -0.612. The van der Waals surface area contributed by atoms with Crippen LogP contribution in [0.25, 0.3) is 6.08 Å². The summed E-state index contributed by atoms with van der Waals surface area (Å²) in [5, 5.41) is 18.6. The molecule has 0 amide bonds. The minimum absolute atomic E-state index is 0.333. The zero-order chi connectivity index (χ0) is 22.5. The number of phenolic OH excluding ortho intramolecular Hbond substituents is 1. The van der Waals surface area contributed by atoms with Gasteiger partial charge in [0.05, 0.1) is 11.4 Å². The average molecular weight is 429 g/mol. The monoisotopic (exact) mass is 428 g/mol. The van der Waals surface area contributed by atoms with Crippen LogP contribution in [0.5, 0.6) is 5.75 Å². The molecule has 1 aliphatic heterocycles. The third-order valence-electron chi connectivity index (χ3n) is 5.92. The Balaban J connectivity index is 1.54. The Morgan fingerprint density at radius 3 is 2.59 bits per heavy atom. The molecular formula is C27H28N2O3. The summed E-state index contributed by atoms with van der Waals surface area (Å²) >= 11 is 0. The molecular weight excluding hydrogens is 400 g/mol. The van der Waals surface area contributed by atoms with Gasteiger partial charge < -0.3 is 20.0 Å². The van der Waals surface area contributed by atoms with Gasteiger partial charge in [-0.05, 0) is 65.9 Å². The number of fused-ring (bicyclic) bond motifs is 1. The summed E-state index contributed by atoms with van der Waals surface area (Å²) in [7, 11) is 0. The number of benzene rings is 3. The lowest BCUT2D eigenvalue weighted by Gasteiger charge is -2.35. The fourth-order valence-electron chi connectivity index (χ4n) is 4.23. The molecule has 0 unspecified atom stereocenters. The van der Waals surface area contributed by atoms with Crippen LogP contribution in [-0.2, 0) is 24.3 Å². The van der Waals surface area contributed by atoms with Crippen LogP contribution >= 0.6 is 0 Å². The van der Waals surface area contributed by atoms with E-state index < -0.39 is 5.97 Å². The van der Waals surface area contributed by atoms with E-state index in [1.54, 1.807) is 12.1 Å². The number of para-hydroxylation sites is 2. The van der Waals surface area contributed by atoms with Crippen molar-refractivity contribution in [1.82, 2.24) is 0 Å². The Hall–Kier alpha value is -3.73. The first-order valence-electron chi connectivity index (χ1n) is 10.9. The van der Waals surface area contributed by atoms with Gasteiger partial charge in [-0.15, -0.1) is 0 Å². The molecule has 1 heterocycles. The number of hydrogen-bond donors (Lipinski definition) is 2. The van der Waals surface area contributed by atoms with Crippen LogP contribution in [-0.4, -0.2) is 29.3 Å². The van der Waals surface area contributed by atoms with E-state index >= 15 is 0 Å². The lowest BCUT2D eigenvalue weighted by atomic mass is 9.98. The van der Waals surface area contributed by atoms with Crippen molar-refractivity contribution >= 4 is 23.4 Å². The number of phenols is 1. The van der Waals surface area contributed by atoms with Crippen LogP contribution in [0.2, 0.25) is 0 Å². The molecule has 5 nitrogen and oxygen atoms in total. The Bertz CT molecular complexity index is 1120. The van der Waals surface area contributed by atoms with Gasteiger partial charge in [0.15, 0.2) is 0 Å². The second-order valence-electron chi connectivity index (χ2n) is 8.04. The van der Waals surface area contributed by atoms with E-state index in [-0.39, 0.29) is 0 Å². The number of rotatable bonds is 7. The van der Waals surface area contributed by atoms with E-state index in [4.69, 9.17) is 5.11 Å². The topological polar surface area (TPSA) is 64.0 Å². The molecule has 0 bridgehead atoms. The third kappa shape index (κ3) is 4.94. The molecule has 1 aliphatic rings. The Kier molecular flexibility index (Phi) is 6.45. The van der Waals surface area contributed by atoms with Crippen molar-refractivity contribution in [2.24, 2.45) is 0 Å². The minimum Gasteiger partial charge on any atom is -0.508 e. The summed E-state index contributed by atoms with van der Waals surface area (Å²) in [5.41, 5.74) is 6.95. The molecule has 2 N–H and O–H groups in total. The van der Waals surface area contributed by atoms with E-state index in [9.17, 15) is 9.90 Å². The average Bonchev–Trinajstić information content (AvgIpc) is 2.81. The van der Waals surface area contributed by atoms with Gasteiger partial charge in [-0.3, -0.25) is 0 Å². The van der Waals surface area contributed by atoms with Gasteiger partial charge in [0, 0.05) is 32.3 Å². The zero-order valence-corrected chi connectivity index (χ0v) is 18.2. The van der Waals surface area contributed by atoms with E-state index in [2.05, 4.69) is 53.1 Å². The fourth-order valence-corrected chi connectivity index (χ4v) is 4.23. The van der Waals surface area contributed by atoms with Crippen LogP contribution < -0.4 is 9.80 Å². The van der Waals surface area contributed by atoms with Gasteiger partial charge in [-0.2, -0.15) is 0 Å². The molecule has 0 fully saturated rings. The first kappa shape index (κ1) is 21.5. The van der Waals surface area contributed by atoms with Crippen LogP contribution in [0.3, 0.4) is 0 Å². The summed E-state index contributed by atoms with van der Waals surface area (Å²) in [6.45, 7) is 5.55. The molecule has 0 saturated heterocycles. The number of anilines is 2. The Morgan fingerprint density at radius 2 is 1.84 bits per heavy atom. The zero-order valence-electron chi connectivity index (χ0n) is 18.2. The van der Waals surface area contributed by atoms with Gasteiger partial charge in [0.2, 0.25) is 0 Å². The first-order valence-corrected chi connectivity index (χ1v) is 10.9. The molecule has 3 aromatic carbocycles. The first-order chi connectivity index (χ1) is 15.5. The summed E-state index contributed by atoms with van der Waals surface area (Å²) in [4.78, 5) is 15.5. The Labute approximate surface area is 188 Å². The largest absolute Gasteiger partial charge is 0.508 e. The van der Waals surface area contributed by atoms with E-state index in [1.807, 2.05) is 24.3 Å². The normalized spacial score (nSPS) is 13.2. The van der Waals surface area contributed by atoms with Crippen LogP contribution in [0, 0.1) is 0 Å². The molecule has 0 spiro atoms. The van der Waals surface area contributed by atoms with E-state index in [0.717, 1.165) is 44.2 Å². The van der Waals surface area contributed by atoms with Crippen molar-refractivity contribution in [2.45, 2.75) is 26.4 Å². The number of carboxylic acids is 1. The molecule has 0 aromatic heterocycles. The highest BCUT2D eigenvalue weighted by molar-refractivity contribution is 5.85. The molecule has 0 atom stereocenters. The quantitative estimate of drug-likeness (QED) is 0.514. The molecule has 0 aliphatic carbocycles. The van der Waals surface area contributed by atoms with E-state index in [0.29, 0.717) is 5.75 Å². The number of hydrogen-bond acceptors (Lipinski definition) is 4. The highest BCUT2D eigenvalue weighted by atomic mass is 16.4. The molecule has 4 rings (SSSR count). The van der Waals surface area contributed by atoms with Gasteiger partial charge in [0.1, 0.15) is 5.75 Å². The smallest absolute Gasteiger partial charge is 0.328 e. The van der Waals surface area contributed by atoms with Crippen molar-refractivity contribution in [3.8, 4) is 5.75 Å². The predicted molar refractivity (Wildman–Crippen MR) is 129 cm³/mol. The van der Waals surface area contributed by atoms with Crippen molar-refractivity contribution < 1.29 is 15.0 Å². The predicted octanol–water partition coefficient (Wildman–Crippen LogP) is 5.08. The van der Waals surface area contributed by atoms with Crippen molar-refractivity contribution in [3.63, 3.8) is 0 Å². The Morgan fingerprint density at radius 1 is 1.06 bits per heavy atom. The number of aliphatic carboxylic acids is 1. The van der Waals surface area contributed by atoms with Gasteiger partial charge in [-0.1, -0.05) is 42.5 Å². The molecule has 32 heavy (non-hydrogen) atoms. The van der Waals surface area contributed by atoms with Gasteiger partial charge in [-0.25, -0.2) is 4.79 Å². The summed E-state index contributed by atoms with van der Waals surface area (Å²) in [6, 6.07) is 22.2. The second-order valence-corrected chi connectivity index (χ2v) is 8.04. The van der Waals surface area contributed by atoms with Crippen LogP contribution in [0.15, 0.2) is 72.8 Å². The second kappa shape index (κ2) is 9.60. The van der Waals surface area contributed by atoms with Crippen molar-refractivity contribution in [2.75, 3.05) is 22.9 Å². The van der Waals surface area contributed by atoms with Gasteiger partial charge in [0.25, 0.3) is 0 Å². The maximum atomic E-state index is 10.7. The standard InChI is InChI=1S/C27H28N2O3/c1-2-28(18-21-9-7-20(8-10-21)11-14-27(31)32)25-5-3-4-6-26(25)29-16-15-22-17-24(30)13-12-23(22)19-29/h3-14,17,30H,2,15-16,18-19H2,1H3,(H,31,32)/b14-11+. The SMILES string of the molecule is CCN(Cc1ccc(/C=C/C(=O)O)cc1)c1ccccc1N1CCc2cc(O)ccc2C1. The highest BCUT2D eigenvalue weighted by Gasteiger charge is 2.21. The van der Waals surface area contributed by atoms with E-state index in [1.165, 1.54) is 28.1 Å². The molecule has 3 aromatic rings. The van der Waals surface area contributed by atoms with Crippen LogP contribution in [0.1, 0.15) is 29.2 Å². The lowest BCUT2D eigenvalue weighted by Crippen LogP contribution is -2.32. The molecule has 0 saturated carbocycles. The van der Waals surface area contributed by atoms with Gasteiger partial charge >= 0.3 is 5.97 Å². The minimum atomic E-state index is -0.944. The molecule has 164 valence electrons. The molecule has 0 radical (unpaired) electrons. The summed E-state index contributed by atoms with van der Waals surface area (Å²) < 4.78 is 0. The maximum Gasteiger partial charge on any atom is 0.328 e. The summed E-state index contributed by atoms with van der Waals surface area (Å²) in [6.07, 6.45) is 3.67. The highest BCUT2D eigenvalue weighted by Crippen LogP contribution is 2.34. The lowest BCUT2D eigenvalue weighted by molar-refractivity contribution is -0.131. The maximum absolute atomic E-state index is 10.7. The van der Waals surface area contributed by atoms with Crippen LogP contribution in [0.4, 0.5) is 11.4 Å². The molecule has 5 heteroatoms. The number of nitrogens with zero attached hydrogens (tertiary/aromatic N) is 2. The third-order valence-corrected chi connectivity index (χ3v) is 5.92.